The number of phenols is 2. The Labute approximate surface area is 380 Å². The highest BCUT2D eigenvalue weighted by molar-refractivity contribution is 6.11. The Hall–Kier alpha value is -3.20. The summed E-state index contributed by atoms with van der Waals surface area (Å²) in [5.74, 6) is -3.95. The summed E-state index contributed by atoms with van der Waals surface area (Å²) in [6.45, 7) is 9.02. The van der Waals surface area contributed by atoms with E-state index < -0.39 is 152 Å². The van der Waals surface area contributed by atoms with Crippen molar-refractivity contribution in [2.45, 2.75) is 196 Å². The Morgan fingerprint density at radius 3 is 1.68 bits per heavy atom. The summed E-state index contributed by atoms with van der Waals surface area (Å²) in [6, 6.07) is 3.04. The first-order valence-corrected chi connectivity index (χ1v) is 22.4. The molecule has 5 aliphatic rings. The van der Waals surface area contributed by atoms with Crippen molar-refractivity contribution < 1.29 is 103 Å². The van der Waals surface area contributed by atoms with Gasteiger partial charge in [0.25, 0.3) is 0 Å². The lowest BCUT2D eigenvalue weighted by molar-refractivity contribution is -0.311. The Bertz CT molecular complexity index is 2030. The van der Waals surface area contributed by atoms with E-state index in [0.29, 0.717) is 0 Å². The fraction of sp³-hybridized carbons (Fsp3) is 0.733. The van der Waals surface area contributed by atoms with E-state index in [1.165, 1.54) is 33.1 Å². The lowest BCUT2D eigenvalue weighted by Crippen LogP contribution is -2.56. The van der Waals surface area contributed by atoms with Crippen molar-refractivity contribution in [3.05, 3.63) is 28.8 Å². The smallest absolute Gasteiger partial charge is 0.202 e. The van der Waals surface area contributed by atoms with Gasteiger partial charge in [-0.3, -0.25) is 9.59 Å². The SMILES string of the molecule is CO[C@H](C(=O)[C@@H](O)[C@@H](C)O)C1Cc2cc3cc(O[C@H]4CC(O[C@H]5CC(O)[C@H](O)C(C)O5)[C@H](O)C(C)O4)c(C)c(O)c3c(O)c2C(=O)[C@H]1O[C@H]1C[C@@H](O[C@H]2C[C@@H](O)[C@@H](O)C(C)O2)[C@H](O)C(C)O1. The predicted octanol–water partition coefficient (Wildman–Crippen LogP) is -0.520. The highest BCUT2D eigenvalue weighted by Crippen LogP contribution is 2.47. The number of benzene rings is 2. The largest absolute Gasteiger partial charge is 0.507 e. The van der Waals surface area contributed by atoms with Crippen molar-refractivity contribution in [3.8, 4) is 17.2 Å². The number of fused-ring (bicyclic) bond motifs is 2. The van der Waals surface area contributed by atoms with E-state index in [1.807, 2.05) is 0 Å². The highest BCUT2D eigenvalue weighted by atomic mass is 16.7. The lowest BCUT2D eigenvalue weighted by Gasteiger charge is -2.43. The van der Waals surface area contributed by atoms with Crippen LogP contribution in [0.4, 0.5) is 0 Å². The summed E-state index contributed by atoms with van der Waals surface area (Å²) in [4.78, 5) is 28.5. The molecule has 21 atom stereocenters. The van der Waals surface area contributed by atoms with Crippen molar-refractivity contribution in [1.29, 1.82) is 0 Å². The number of carbonyl (C=O) groups is 2. The first-order valence-electron chi connectivity index (χ1n) is 22.4. The molecule has 4 heterocycles. The predicted molar refractivity (Wildman–Crippen MR) is 224 cm³/mol. The Balaban J connectivity index is 1.18. The molecule has 7 unspecified atom stereocenters. The summed E-state index contributed by atoms with van der Waals surface area (Å²) < 4.78 is 53.7. The van der Waals surface area contributed by atoms with Gasteiger partial charge in [-0.25, -0.2) is 0 Å². The molecule has 0 spiro atoms. The second kappa shape index (κ2) is 20.4. The van der Waals surface area contributed by atoms with E-state index in [1.54, 1.807) is 27.7 Å². The van der Waals surface area contributed by atoms with Crippen LogP contribution in [-0.4, -0.2) is 193 Å². The average Bonchev–Trinajstić information content (AvgIpc) is 3.25. The van der Waals surface area contributed by atoms with Gasteiger partial charge < -0.3 is 93.7 Å². The summed E-state index contributed by atoms with van der Waals surface area (Å²) in [5.41, 5.74) is 0.116. The van der Waals surface area contributed by atoms with Crippen LogP contribution in [-0.2, 0) is 49.1 Å². The lowest BCUT2D eigenvalue weighted by atomic mass is 9.75. The number of Topliss-reactive ketones (excluding diaryl/α,β-unsaturated/α-hetero) is 2. The molecule has 21 nitrogen and oxygen atoms in total. The molecule has 66 heavy (non-hydrogen) atoms. The van der Waals surface area contributed by atoms with Crippen LogP contribution in [0.3, 0.4) is 0 Å². The van der Waals surface area contributed by atoms with Crippen molar-refractivity contribution >= 4 is 22.3 Å². The third-order valence-corrected chi connectivity index (χ3v) is 13.5. The molecule has 0 radical (unpaired) electrons. The Morgan fingerprint density at radius 2 is 1.18 bits per heavy atom. The standard InChI is InChI=1S/C45H64O21/c1-15-26(63-31-13-27(39(53)19(5)61-31)64-29-11-24(47)37(51)17(3)59-29)10-22-8-21-9-23(44(58-7)43(57)36(50)16(2)46)45(42(56)34(21)41(55)33(22)35(15)49)66-32-14-28(40(54)20(6)62-32)65-30-12-25(48)38(52)18(4)60-30/h8,10,16-20,23-25,27-32,36-40,44-55H,9,11-14H2,1-7H3/t16-,17?,18?,19?,20?,23?,24?,25-,27?,28-,29+,30+,31+,32+,36+,37-,38+,39-,40-,44+,45+/m1/s1. The molecule has 4 aliphatic heterocycles. The number of ether oxygens (including phenoxy) is 9. The number of aromatic hydroxyl groups is 2. The summed E-state index contributed by atoms with van der Waals surface area (Å²) in [6.07, 6.45) is -23.5. The van der Waals surface area contributed by atoms with E-state index in [9.17, 15) is 60.7 Å². The zero-order chi connectivity index (χ0) is 48.2. The Kier molecular flexibility index (Phi) is 15.7. The Morgan fingerprint density at radius 1 is 0.697 bits per heavy atom. The first kappa shape index (κ1) is 50.7. The van der Waals surface area contributed by atoms with Crippen molar-refractivity contribution in [2.24, 2.45) is 5.92 Å². The van der Waals surface area contributed by atoms with Gasteiger partial charge in [-0.2, -0.15) is 0 Å². The van der Waals surface area contributed by atoms with Crippen molar-refractivity contribution in [3.63, 3.8) is 0 Å². The summed E-state index contributed by atoms with van der Waals surface area (Å²) in [5, 5.41) is 108. The molecule has 1 aliphatic carbocycles. The number of rotatable bonds is 13. The summed E-state index contributed by atoms with van der Waals surface area (Å²) in [7, 11) is 1.19. The molecule has 4 saturated heterocycles. The molecule has 0 amide bonds. The molecule has 2 aromatic rings. The number of hydrogen-bond donors (Lipinski definition) is 10. The monoisotopic (exact) mass is 940 g/mol. The second-order valence-electron chi connectivity index (χ2n) is 18.3. The van der Waals surface area contributed by atoms with Gasteiger partial charge >= 0.3 is 0 Å². The zero-order valence-corrected chi connectivity index (χ0v) is 37.8. The molecule has 4 fully saturated rings. The molecule has 2 aromatic carbocycles. The molecule has 10 N–H and O–H groups in total. The fourth-order valence-corrected chi connectivity index (χ4v) is 9.62. The van der Waals surface area contributed by atoms with E-state index in [4.69, 9.17) is 42.6 Å². The van der Waals surface area contributed by atoms with E-state index >= 15 is 0 Å². The van der Waals surface area contributed by atoms with Gasteiger partial charge in [0, 0.05) is 44.3 Å². The van der Waals surface area contributed by atoms with Crippen LogP contribution in [0.1, 0.15) is 81.8 Å². The molecular weight excluding hydrogens is 876 g/mol. The van der Waals surface area contributed by atoms with Gasteiger partial charge in [0.1, 0.15) is 60.0 Å². The number of aliphatic hydroxyl groups is 8. The van der Waals surface area contributed by atoms with E-state index in [0.717, 1.165) is 0 Å². The normalized spacial score (nSPS) is 40.1. The molecule has 7 rings (SSSR count). The highest BCUT2D eigenvalue weighted by Gasteiger charge is 2.50. The van der Waals surface area contributed by atoms with Crippen LogP contribution in [0.5, 0.6) is 17.2 Å². The minimum absolute atomic E-state index is 0.0233. The maximum atomic E-state index is 14.8. The number of ketones is 2. The number of hydrogen-bond acceptors (Lipinski definition) is 21. The van der Waals surface area contributed by atoms with Crippen LogP contribution < -0.4 is 4.74 Å². The first-order chi connectivity index (χ1) is 31.1. The third-order valence-electron chi connectivity index (χ3n) is 13.5. The molecule has 370 valence electrons. The molecule has 21 heteroatoms. The van der Waals surface area contributed by atoms with Crippen LogP contribution in [0.15, 0.2) is 12.1 Å². The van der Waals surface area contributed by atoms with Crippen LogP contribution in [0.25, 0.3) is 10.8 Å². The second-order valence-corrected chi connectivity index (χ2v) is 18.3. The van der Waals surface area contributed by atoms with E-state index in [-0.39, 0.29) is 65.3 Å². The van der Waals surface area contributed by atoms with Gasteiger partial charge in [0.2, 0.25) is 6.29 Å². The zero-order valence-electron chi connectivity index (χ0n) is 37.8. The topological polar surface area (TPSA) is 320 Å². The average molecular weight is 941 g/mol. The van der Waals surface area contributed by atoms with Gasteiger partial charge in [-0.15, -0.1) is 0 Å². The minimum Gasteiger partial charge on any atom is -0.507 e. The maximum Gasteiger partial charge on any atom is 0.202 e. The molecule has 0 saturated carbocycles. The minimum atomic E-state index is -1.92. The van der Waals surface area contributed by atoms with E-state index in [2.05, 4.69) is 0 Å². The van der Waals surface area contributed by atoms with Crippen LogP contribution in [0, 0.1) is 12.8 Å². The van der Waals surface area contributed by atoms with Gasteiger partial charge in [-0.05, 0) is 71.0 Å². The fourth-order valence-electron chi connectivity index (χ4n) is 9.62. The van der Waals surface area contributed by atoms with Crippen molar-refractivity contribution in [2.75, 3.05) is 7.11 Å². The van der Waals surface area contributed by atoms with Gasteiger partial charge in [-0.1, -0.05) is 0 Å². The number of aliphatic hydroxyl groups excluding tert-OH is 8. The number of methoxy groups -OCH3 is 1. The number of phenolic OH excluding ortho intramolecular Hbond substituents is 2. The molecular formula is C45H64O21. The van der Waals surface area contributed by atoms with Gasteiger partial charge in [0.05, 0.1) is 65.9 Å². The van der Waals surface area contributed by atoms with Crippen LogP contribution in [0.2, 0.25) is 0 Å². The van der Waals surface area contributed by atoms with Crippen LogP contribution >= 0.6 is 0 Å². The number of carbonyl (C=O) groups excluding carboxylic acids is 2. The van der Waals surface area contributed by atoms with Gasteiger partial charge in [0.15, 0.2) is 30.4 Å². The maximum absolute atomic E-state index is 14.8. The summed E-state index contributed by atoms with van der Waals surface area (Å²) >= 11 is 0. The quantitative estimate of drug-likeness (QED) is 0.121. The molecule has 0 bridgehead atoms. The third kappa shape index (κ3) is 10.1. The molecule has 0 aromatic heterocycles. The van der Waals surface area contributed by atoms with Crippen molar-refractivity contribution in [1.82, 2.24) is 0 Å².